The van der Waals surface area contributed by atoms with Gasteiger partial charge < -0.3 is 19.5 Å². The molecule has 3 atom stereocenters. The number of nitrogens with one attached hydrogen (secondary N) is 1. The Hall–Kier alpha value is -1.10. The fraction of sp³-hybridized carbons (Fsp3) is 0.647. The molecular weight excluding hydrogens is 266 g/mol. The lowest BCUT2D eigenvalue weighted by atomic mass is 9.91. The first-order valence-corrected chi connectivity index (χ1v) is 7.87. The summed E-state index contributed by atoms with van der Waals surface area (Å²) in [4.78, 5) is 0. The molecule has 0 bridgehead atoms. The van der Waals surface area contributed by atoms with Crippen molar-refractivity contribution in [1.29, 1.82) is 0 Å². The van der Waals surface area contributed by atoms with Gasteiger partial charge in [-0.05, 0) is 20.0 Å². The van der Waals surface area contributed by atoms with Crippen LogP contribution in [0.15, 0.2) is 24.3 Å². The number of ether oxygens (including phenoxy) is 3. The zero-order valence-corrected chi connectivity index (χ0v) is 12.9. The van der Waals surface area contributed by atoms with Crippen LogP contribution in [0.2, 0.25) is 0 Å². The van der Waals surface area contributed by atoms with Crippen LogP contribution < -0.4 is 10.1 Å². The Morgan fingerprint density at radius 1 is 1.33 bits per heavy atom. The fourth-order valence-corrected chi connectivity index (χ4v) is 3.23. The van der Waals surface area contributed by atoms with E-state index >= 15 is 0 Å². The van der Waals surface area contributed by atoms with Crippen molar-refractivity contribution in [2.24, 2.45) is 0 Å². The zero-order chi connectivity index (χ0) is 14.7. The third-order valence-electron chi connectivity index (χ3n) is 4.63. The van der Waals surface area contributed by atoms with Gasteiger partial charge in [-0.25, -0.2) is 0 Å². The van der Waals surface area contributed by atoms with E-state index in [2.05, 4.69) is 30.4 Å². The van der Waals surface area contributed by atoms with Crippen LogP contribution in [-0.4, -0.2) is 38.6 Å². The van der Waals surface area contributed by atoms with Gasteiger partial charge in [0.15, 0.2) is 0 Å². The summed E-state index contributed by atoms with van der Waals surface area (Å²) in [7, 11) is 1.97. The van der Waals surface area contributed by atoms with Gasteiger partial charge in [-0.1, -0.05) is 18.2 Å². The quantitative estimate of drug-likeness (QED) is 0.926. The van der Waals surface area contributed by atoms with Crippen molar-refractivity contribution in [3.63, 3.8) is 0 Å². The summed E-state index contributed by atoms with van der Waals surface area (Å²) in [5, 5.41) is 3.28. The molecule has 3 unspecified atom stereocenters. The first kappa shape index (κ1) is 14.8. The Morgan fingerprint density at radius 3 is 2.95 bits per heavy atom. The molecule has 2 heterocycles. The van der Waals surface area contributed by atoms with Crippen molar-refractivity contribution in [3.8, 4) is 5.75 Å². The third-order valence-corrected chi connectivity index (χ3v) is 4.63. The molecule has 1 aromatic rings. The fourth-order valence-electron chi connectivity index (χ4n) is 3.23. The van der Waals surface area contributed by atoms with Gasteiger partial charge in [0.2, 0.25) is 0 Å². The van der Waals surface area contributed by atoms with Gasteiger partial charge in [-0.3, -0.25) is 0 Å². The van der Waals surface area contributed by atoms with Crippen molar-refractivity contribution in [3.05, 3.63) is 29.8 Å². The Morgan fingerprint density at radius 2 is 2.19 bits per heavy atom. The Labute approximate surface area is 126 Å². The minimum atomic E-state index is -0.105. The summed E-state index contributed by atoms with van der Waals surface area (Å²) in [5.41, 5.74) is 1.11. The topological polar surface area (TPSA) is 39.7 Å². The molecule has 2 aliphatic heterocycles. The molecule has 116 valence electrons. The molecule has 4 nitrogen and oxygen atoms in total. The molecule has 0 aromatic heterocycles. The van der Waals surface area contributed by atoms with E-state index < -0.39 is 0 Å². The molecule has 1 N–H and O–H groups in total. The molecule has 0 amide bonds. The number of para-hydroxylation sites is 1. The molecule has 0 saturated carbocycles. The van der Waals surface area contributed by atoms with Crippen LogP contribution in [0.5, 0.6) is 5.75 Å². The molecule has 0 aliphatic carbocycles. The molecule has 1 spiro atoms. The normalized spacial score (nSPS) is 30.5. The highest BCUT2D eigenvalue weighted by Gasteiger charge is 2.41. The van der Waals surface area contributed by atoms with E-state index in [1.165, 1.54) is 5.56 Å². The lowest BCUT2D eigenvalue weighted by molar-refractivity contribution is -0.112. The molecule has 2 saturated heterocycles. The van der Waals surface area contributed by atoms with Gasteiger partial charge in [0, 0.05) is 37.5 Å². The zero-order valence-electron chi connectivity index (χ0n) is 12.9. The summed E-state index contributed by atoms with van der Waals surface area (Å²) in [6.45, 7) is 4.43. The van der Waals surface area contributed by atoms with Gasteiger partial charge >= 0.3 is 0 Å². The van der Waals surface area contributed by atoms with Gasteiger partial charge in [0.05, 0.1) is 18.8 Å². The highest BCUT2D eigenvalue weighted by atomic mass is 16.6. The second-order valence-corrected chi connectivity index (χ2v) is 6.11. The molecule has 2 aliphatic rings. The highest BCUT2D eigenvalue weighted by Crippen LogP contribution is 2.35. The van der Waals surface area contributed by atoms with E-state index in [9.17, 15) is 0 Å². The van der Waals surface area contributed by atoms with E-state index in [4.69, 9.17) is 14.2 Å². The first-order chi connectivity index (χ1) is 10.2. The maximum Gasteiger partial charge on any atom is 0.124 e. The van der Waals surface area contributed by atoms with Crippen LogP contribution in [0.1, 0.15) is 37.8 Å². The second kappa shape index (κ2) is 6.34. The largest absolute Gasteiger partial charge is 0.490 e. The first-order valence-electron chi connectivity index (χ1n) is 7.87. The van der Waals surface area contributed by atoms with Gasteiger partial charge in [0.25, 0.3) is 0 Å². The summed E-state index contributed by atoms with van der Waals surface area (Å²) in [6.07, 6.45) is 3.08. The van der Waals surface area contributed by atoms with Crippen molar-refractivity contribution < 1.29 is 14.2 Å². The Balaban J connectivity index is 1.71. The highest BCUT2D eigenvalue weighted by molar-refractivity contribution is 5.35. The van der Waals surface area contributed by atoms with E-state index in [1.807, 2.05) is 13.1 Å². The Kier molecular flexibility index (Phi) is 4.48. The second-order valence-electron chi connectivity index (χ2n) is 6.11. The molecular formula is C17H25NO3. The average Bonchev–Trinajstić information content (AvgIpc) is 2.95. The minimum Gasteiger partial charge on any atom is -0.490 e. The minimum absolute atomic E-state index is 0.105. The van der Waals surface area contributed by atoms with Crippen LogP contribution in [0, 0.1) is 0 Å². The summed E-state index contributed by atoms with van der Waals surface area (Å²) in [5.74, 6) is 0.986. The SMILES string of the molecule is CNC(C)c1ccccc1OC1CCOC2(CCOC2)C1. The average molecular weight is 291 g/mol. The van der Waals surface area contributed by atoms with Crippen molar-refractivity contribution >= 4 is 0 Å². The van der Waals surface area contributed by atoms with Gasteiger partial charge in [0.1, 0.15) is 11.9 Å². The maximum absolute atomic E-state index is 6.32. The van der Waals surface area contributed by atoms with Crippen molar-refractivity contribution in [2.75, 3.05) is 26.9 Å². The Bertz CT molecular complexity index is 471. The van der Waals surface area contributed by atoms with Crippen LogP contribution in [0.4, 0.5) is 0 Å². The summed E-state index contributed by atoms with van der Waals surface area (Å²) < 4.78 is 17.8. The van der Waals surface area contributed by atoms with Gasteiger partial charge in [-0.15, -0.1) is 0 Å². The number of hydrogen-bond acceptors (Lipinski definition) is 4. The lowest BCUT2D eigenvalue weighted by Gasteiger charge is -2.37. The van der Waals surface area contributed by atoms with Crippen LogP contribution in [0.3, 0.4) is 0 Å². The number of benzene rings is 1. The van der Waals surface area contributed by atoms with E-state index in [-0.39, 0.29) is 17.7 Å². The third kappa shape index (κ3) is 3.23. The van der Waals surface area contributed by atoms with Gasteiger partial charge in [-0.2, -0.15) is 0 Å². The van der Waals surface area contributed by atoms with E-state index in [0.717, 1.165) is 38.2 Å². The summed E-state index contributed by atoms with van der Waals surface area (Å²) >= 11 is 0. The summed E-state index contributed by atoms with van der Waals surface area (Å²) in [6, 6.07) is 8.58. The molecule has 21 heavy (non-hydrogen) atoms. The molecule has 1 aromatic carbocycles. The van der Waals surface area contributed by atoms with Crippen molar-refractivity contribution in [1.82, 2.24) is 5.32 Å². The monoisotopic (exact) mass is 291 g/mol. The molecule has 3 rings (SSSR count). The van der Waals surface area contributed by atoms with Crippen LogP contribution >= 0.6 is 0 Å². The predicted molar refractivity (Wildman–Crippen MR) is 81.7 cm³/mol. The number of rotatable bonds is 4. The standard InChI is InChI=1S/C17H25NO3/c1-13(18-2)15-5-3-4-6-16(15)21-14-7-9-20-17(11-14)8-10-19-12-17/h3-6,13-14,18H,7-12H2,1-2H3. The number of hydrogen-bond donors (Lipinski definition) is 1. The molecule has 0 radical (unpaired) electrons. The smallest absolute Gasteiger partial charge is 0.124 e. The van der Waals surface area contributed by atoms with E-state index in [1.54, 1.807) is 0 Å². The predicted octanol–water partition coefficient (Wildman–Crippen LogP) is 2.68. The van der Waals surface area contributed by atoms with Crippen LogP contribution in [-0.2, 0) is 9.47 Å². The van der Waals surface area contributed by atoms with Crippen molar-refractivity contribution in [2.45, 2.75) is 43.9 Å². The molecule has 2 fully saturated rings. The lowest BCUT2D eigenvalue weighted by Crippen LogP contribution is -2.44. The van der Waals surface area contributed by atoms with Crippen LogP contribution in [0.25, 0.3) is 0 Å². The molecule has 4 heteroatoms. The van der Waals surface area contributed by atoms with E-state index in [0.29, 0.717) is 6.61 Å². The maximum atomic E-state index is 6.32.